The molecule has 110 heavy (non-hydrogen) atoms. The molecule has 6 heterocycles. The van der Waals surface area contributed by atoms with Crippen molar-refractivity contribution in [2.45, 2.75) is 0 Å². The van der Waals surface area contributed by atoms with E-state index in [1.807, 2.05) is 12.1 Å². The average Bonchev–Trinajstić information content (AvgIpc) is 1.56. The maximum atomic E-state index is 10.1. The highest BCUT2D eigenvalue weighted by molar-refractivity contribution is 6.17. The number of hydrogen-bond donors (Lipinski definition) is 0. The minimum Gasteiger partial charge on any atom is -0.309 e. The molecule has 0 aliphatic heterocycles. The van der Waals surface area contributed by atoms with E-state index >= 15 is 0 Å². The van der Waals surface area contributed by atoms with Gasteiger partial charge in [-0.3, -0.25) is 0 Å². The highest BCUT2D eigenvalue weighted by atomic mass is 15.0. The molecule has 0 bridgehead atoms. The van der Waals surface area contributed by atoms with E-state index in [-0.39, 0.29) is 0 Å². The molecule has 0 unspecified atom stereocenters. The molecule has 0 saturated heterocycles. The van der Waals surface area contributed by atoms with E-state index in [0.717, 1.165) is 122 Å². The van der Waals surface area contributed by atoms with Gasteiger partial charge in [0.1, 0.15) is 0 Å². The van der Waals surface area contributed by atoms with Crippen LogP contribution in [0.25, 0.3) is 209 Å². The summed E-state index contributed by atoms with van der Waals surface area (Å²) < 4.78 is 14.6. The molecule has 0 amide bonds. The normalized spacial score (nSPS) is 12.0. The zero-order valence-corrected chi connectivity index (χ0v) is 59.5. The zero-order chi connectivity index (χ0) is 72.2. The highest BCUT2D eigenvalue weighted by Gasteiger charge is 2.25. The second-order valence-corrected chi connectivity index (χ2v) is 29.1. The third kappa shape index (κ3) is 9.18. The van der Waals surface area contributed by atoms with Gasteiger partial charge < -0.3 is 27.4 Å². The van der Waals surface area contributed by atoms with Crippen molar-refractivity contribution in [1.82, 2.24) is 27.4 Å². The fourth-order valence-electron chi connectivity index (χ4n) is 18.4. The fraction of sp³-hybridized carbons (Fsp3) is 0. The largest absolute Gasteiger partial charge is 0.309 e. The van der Waals surface area contributed by atoms with Gasteiger partial charge >= 0.3 is 0 Å². The molecule has 23 aromatic rings. The van der Waals surface area contributed by atoms with Gasteiger partial charge in [-0.05, 0) is 214 Å². The first kappa shape index (κ1) is 61.3. The number of aromatic nitrogens is 6. The van der Waals surface area contributed by atoms with E-state index < -0.39 is 0 Å². The van der Waals surface area contributed by atoms with Gasteiger partial charge in [-0.25, -0.2) is 0 Å². The van der Waals surface area contributed by atoms with Gasteiger partial charge in [-0.1, -0.05) is 212 Å². The summed E-state index contributed by atoms with van der Waals surface area (Å²) in [7, 11) is 0. The number of benzene rings is 17. The van der Waals surface area contributed by atoms with Crippen LogP contribution in [0.15, 0.2) is 382 Å². The smallest absolute Gasteiger partial charge is 0.0991 e. The molecule has 0 aliphatic carbocycles. The summed E-state index contributed by atoms with van der Waals surface area (Å²) in [5.74, 6) is 0. The Labute approximate surface area is 631 Å². The Balaban J connectivity index is 0.697. The summed E-state index contributed by atoms with van der Waals surface area (Å²) in [6.45, 7) is 0. The quantitative estimate of drug-likeness (QED) is 0.135. The minimum absolute atomic E-state index is 0.619. The molecule has 6 aromatic heterocycles. The van der Waals surface area contributed by atoms with Gasteiger partial charge in [0, 0.05) is 98.8 Å². The minimum atomic E-state index is 0.619. The Morgan fingerprint density at radius 3 is 0.664 bits per heavy atom. The van der Waals surface area contributed by atoms with Gasteiger partial charge in [-0.2, -0.15) is 5.26 Å². The lowest BCUT2D eigenvalue weighted by molar-refractivity contribution is 1.16. The summed E-state index contributed by atoms with van der Waals surface area (Å²) in [5, 5.41) is 24.6. The second-order valence-electron chi connectivity index (χ2n) is 29.1. The molecule has 0 spiro atoms. The molecular formula is C103H63N7. The Kier molecular flexibility index (Phi) is 13.4. The van der Waals surface area contributed by atoms with E-state index in [1.54, 1.807) is 0 Å². The molecule has 0 saturated carbocycles. The molecule has 0 radical (unpaired) electrons. The molecule has 0 N–H and O–H groups in total. The number of hydrogen-bond acceptors (Lipinski definition) is 1. The van der Waals surface area contributed by atoms with Crippen LogP contribution in [0.3, 0.4) is 0 Å². The standard InChI is InChI=1S/C103H63N7/c104-64-65-38-40-66(41-39-65)70-58-85(67-42-46-71(47-43-67)105-99-54-50-73(107-91-30-12-4-22-77(91)78-23-5-13-31-92(78)107)60-87(99)88-61-74(51-55-100(88)105)108-93-32-14-6-24-79(93)80-25-7-15-33-94(80)108)103(69-20-2-1-3-21-69)86(59-70)68-44-48-72(49-45-68)106-101-56-52-75(109-95-34-16-8-26-81(95)82-27-9-17-35-96(82)109)62-89(101)90-63-76(53-57-102(90)106)110-97-36-18-10-28-83(97)84-29-11-19-37-98(84)110/h1-63H. The lowest BCUT2D eigenvalue weighted by Gasteiger charge is -2.20. The van der Waals surface area contributed by atoms with E-state index in [1.165, 1.54) is 87.2 Å². The van der Waals surface area contributed by atoms with Crippen molar-refractivity contribution in [2.75, 3.05) is 0 Å². The predicted molar refractivity (Wildman–Crippen MR) is 459 cm³/mol. The number of fused-ring (bicyclic) bond motifs is 18. The molecular weight excluding hydrogens is 1340 g/mol. The molecule has 510 valence electrons. The van der Waals surface area contributed by atoms with E-state index in [4.69, 9.17) is 0 Å². The van der Waals surface area contributed by atoms with Crippen LogP contribution in [0.2, 0.25) is 0 Å². The van der Waals surface area contributed by atoms with Crippen molar-refractivity contribution >= 4 is 131 Å². The van der Waals surface area contributed by atoms with Crippen molar-refractivity contribution in [3.05, 3.63) is 388 Å². The zero-order valence-electron chi connectivity index (χ0n) is 59.5. The maximum absolute atomic E-state index is 10.1. The number of para-hydroxylation sites is 8. The molecule has 0 fully saturated rings. The Morgan fingerprint density at radius 2 is 0.391 bits per heavy atom. The molecule has 7 nitrogen and oxygen atoms in total. The molecule has 0 atom stereocenters. The van der Waals surface area contributed by atoms with Gasteiger partial charge in [0.25, 0.3) is 0 Å². The summed E-state index contributed by atoms with van der Waals surface area (Å²) in [6.07, 6.45) is 0. The van der Waals surface area contributed by atoms with Gasteiger partial charge in [0.05, 0.1) is 77.8 Å². The SMILES string of the molecule is N#Cc1ccc(-c2cc(-c3ccc(-n4c5ccc(-n6c7ccccc7c7ccccc76)cc5c5cc(-n6c7ccccc7c7ccccc76)ccc54)cc3)c(-c3ccccc3)c(-c3ccc(-n4c5ccc(-n6c7ccccc7c7ccccc76)cc5c5cc(-n6c7ccccc7c7ccccc76)ccc54)cc3)c2)cc1. The van der Waals surface area contributed by atoms with Crippen LogP contribution in [-0.4, -0.2) is 27.4 Å². The first-order valence-corrected chi connectivity index (χ1v) is 37.6. The van der Waals surface area contributed by atoms with Crippen molar-refractivity contribution in [3.63, 3.8) is 0 Å². The van der Waals surface area contributed by atoms with Crippen molar-refractivity contribution < 1.29 is 0 Å². The third-order valence-electron chi connectivity index (χ3n) is 23.2. The monoisotopic (exact) mass is 1400 g/mol. The number of nitrogens with zero attached hydrogens (tertiary/aromatic N) is 7. The summed E-state index contributed by atoms with van der Waals surface area (Å²) in [4.78, 5) is 0. The van der Waals surface area contributed by atoms with Crippen LogP contribution in [0.4, 0.5) is 0 Å². The first-order chi connectivity index (χ1) is 54.5. The topological polar surface area (TPSA) is 53.4 Å². The second kappa shape index (κ2) is 24.0. The third-order valence-corrected chi connectivity index (χ3v) is 23.2. The van der Waals surface area contributed by atoms with E-state index in [2.05, 4.69) is 404 Å². The molecule has 7 heteroatoms. The maximum Gasteiger partial charge on any atom is 0.0991 e. The van der Waals surface area contributed by atoms with Gasteiger partial charge in [0.15, 0.2) is 0 Å². The van der Waals surface area contributed by atoms with Crippen LogP contribution in [0.1, 0.15) is 5.56 Å². The van der Waals surface area contributed by atoms with Crippen molar-refractivity contribution in [3.8, 4) is 84.7 Å². The number of rotatable bonds is 10. The predicted octanol–water partition coefficient (Wildman–Crippen LogP) is 26.8. The van der Waals surface area contributed by atoms with E-state index in [9.17, 15) is 5.26 Å². The van der Waals surface area contributed by atoms with Crippen LogP contribution in [-0.2, 0) is 0 Å². The number of nitriles is 1. The first-order valence-electron chi connectivity index (χ1n) is 37.6. The summed E-state index contributed by atoms with van der Waals surface area (Å²) in [6, 6.07) is 143. The molecule has 17 aromatic carbocycles. The van der Waals surface area contributed by atoms with Crippen LogP contribution < -0.4 is 0 Å². The fourth-order valence-corrected chi connectivity index (χ4v) is 18.4. The Hall–Kier alpha value is -15.0. The Morgan fingerprint density at radius 1 is 0.164 bits per heavy atom. The molecule has 0 aliphatic rings. The van der Waals surface area contributed by atoms with E-state index in [0.29, 0.717) is 5.56 Å². The van der Waals surface area contributed by atoms with Crippen LogP contribution in [0, 0.1) is 11.3 Å². The van der Waals surface area contributed by atoms with Crippen LogP contribution >= 0.6 is 0 Å². The van der Waals surface area contributed by atoms with Gasteiger partial charge in [0.2, 0.25) is 0 Å². The summed E-state index contributed by atoms with van der Waals surface area (Å²) >= 11 is 0. The Bertz CT molecular complexity index is 6850. The lowest BCUT2D eigenvalue weighted by Crippen LogP contribution is -1.98. The average molecular weight is 1400 g/mol. The van der Waals surface area contributed by atoms with Crippen molar-refractivity contribution in [1.29, 1.82) is 5.26 Å². The van der Waals surface area contributed by atoms with Gasteiger partial charge in [-0.15, -0.1) is 0 Å². The van der Waals surface area contributed by atoms with Crippen LogP contribution in [0.5, 0.6) is 0 Å². The molecule has 23 rings (SSSR count). The lowest BCUT2D eigenvalue weighted by atomic mass is 9.84. The highest BCUT2D eigenvalue weighted by Crippen LogP contribution is 2.47. The summed E-state index contributed by atoms with van der Waals surface area (Å²) in [5.41, 5.74) is 29.7. The van der Waals surface area contributed by atoms with Crippen molar-refractivity contribution in [2.24, 2.45) is 0 Å².